The van der Waals surface area contributed by atoms with E-state index in [4.69, 9.17) is 4.74 Å². The van der Waals surface area contributed by atoms with Crippen LogP contribution in [0, 0.1) is 29.6 Å². The van der Waals surface area contributed by atoms with Gasteiger partial charge in [0, 0.05) is 5.92 Å². The average molecular weight is 232 g/mol. The third-order valence-corrected chi connectivity index (χ3v) is 5.53. The maximum Gasteiger partial charge on any atom is 0.309 e. The molecule has 2 heteroatoms. The van der Waals surface area contributed by atoms with Gasteiger partial charge in [0.15, 0.2) is 0 Å². The summed E-state index contributed by atoms with van der Waals surface area (Å²) in [5, 5.41) is 0. The fourth-order valence-electron chi connectivity index (χ4n) is 4.64. The van der Waals surface area contributed by atoms with Gasteiger partial charge in [0.05, 0.1) is 5.92 Å². The molecule has 0 saturated heterocycles. The van der Waals surface area contributed by atoms with Crippen LogP contribution in [-0.4, -0.2) is 12.1 Å². The molecule has 4 bridgehead atoms. The quantitative estimate of drug-likeness (QED) is 0.540. The van der Waals surface area contributed by atoms with Crippen molar-refractivity contribution in [3.8, 4) is 0 Å². The van der Waals surface area contributed by atoms with E-state index in [1.54, 1.807) is 0 Å². The molecule has 4 rings (SSSR count). The summed E-state index contributed by atoms with van der Waals surface area (Å²) in [6, 6.07) is 0. The van der Waals surface area contributed by atoms with Gasteiger partial charge in [-0.25, -0.2) is 0 Å². The molecule has 2 nitrogen and oxygen atoms in total. The first kappa shape index (κ1) is 10.2. The molecule has 0 aromatic heterocycles. The lowest BCUT2D eigenvalue weighted by Crippen LogP contribution is -2.29. The highest BCUT2D eigenvalue weighted by Crippen LogP contribution is 2.49. The second-order valence-corrected chi connectivity index (χ2v) is 6.54. The van der Waals surface area contributed by atoms with Crippen molar-refractivity contribution >= 4 is 5.97 Å². The van der Waals surface area contributed by atoms with Gasteiger partial charge in [-0.1, -0.05) is 18.6 Å². The van der Waals surface area contributed by atoms with Gasteiger partial charge in [-0.3, -0.25) is 4.79 Å². The minimum atomic E-state index is 0.128. The molecule has 92 valence electrons. The Hall–Kier alpha value is -0.790. The van der Waals surface area contributed by atoms with Crippen LogP contribution >= 0.6 is 0 Å². The molecule has 3 fully saturated rings. The molecule has 4 aliphatic rings. The van der Waals surface area contributed by atoms with Gasteiger partial charge in [-0.15, -0.1) is 0 Å². The number of fused-ring (bicyclic) bond motifs is 4. The van der Waals surface area contributed by atoms with Gasteiger partial charge in [0.2, 0.25) is 0 Å². The maximum absolute atomic E-state index is 12.2. The van der Waals surface area contributed by atoms with Gasteiger partial charge in [0.25, 0.3) is 0 Å². The van der Waals surface area contributed by atoms with Gasteiger partial charge >= 0.3 is 5.97 Å². The Kier molecular flexibility index (Phi) is 2.15. The van der Waals surface area contributed by atoms with Crippen LogP contribution in [0.2, 0.25) is 0 Å². The van der Waals surface area contributed by atoms with E-state index in [1.165, 1.54) is 25.7 Å². The number of allylic oxidation sites excluding steroid dienone is 1. The fourth-order valence-corrected chi connectivity index (χ4v) is 4.64. The molecule has 17 heavy (non-hydrogen) atoms. The van der Waals surface area contributed by atoms with E-state index in [0.29, 0.717) is 17.8 Å². The minimum absolute atomic E-state index is 0.128. The summed E-state index contributed by atoms with van der Waals surface area (Å²) in [6.07, 6.45) is 12.1. The van der Waals surface area contributed by atoms with E-state index in [-0.39, 0.29) is 18.0 Å². The average Bonchev–Trinajstić information content (AvgIpc) is 3.08. The lowest BCUT2D eigenvalue weighted by atomic mass is 9.89. The summed E-state index contributed by atoms with van der Waals surface area (Å²) in [6.45, 7) is 0. The predicted octanol–water partition coefficient (Wildman–Crippen LogP) is 2.93. The summed E-state index contributed by atoms with van der Waals surface area (Å²) in [5.74, 6) is 3.08. The highest BCUT2D eigenvalue weighted by atomic mass is 16.5. The van der Waals surface area contributed by atoms with E-state index < -0.39 is 0 Å². The number of rotatable bonds is 2. The molecular weight excluding hydrogens is 212 g/mol. The SMILES string of the molecule is O=C(OC1CC2C=CC1C2)C1CC2CCC1C2. The van der Waals surface area contributed by atoms with E-state index in [9.17, 15) is 4.79 Å². The van der Waals surface area contributed by atoms with Crippen molar-refractivity contribution in [2.45, 2.75) is 44.6 Å². The van der Waals surface area contributed by atoms with E-state index in [1.807, 2.05) is 0 Å². The first-order valence-corrected chi connectivity index (χ1v) is 7.18. The number of ether oxygens (including phenoxy) is 1. The monoisotopic (exact) mass is 232 g/mol. The van der Waals surface area contributed by atoms with Gasteiger partial charge < -0.3 is 4.74 Å². The first-order chi connectivity index (χ1) is 8.29. The van der Waals surface area contributed by atoms with Crippen LogP contribution in [0.3, 0.4) is 0 Å². The number of hydrogen-bond acceptors (Lipinski definition) is 2. The molecule has 0 amide bonds. The van der Waals surface area contributed by atoms with Crippen molar-refractivity contribution in [1.29, 1.82) is 0 Å². The Balaban J connectivity index is 1.40. The molecule has 6 atom stereocenters. The number of carbonyl (C=O) groups is 1. The zero-order valence-corrected chi connectivity index (χ0v) is 10.2. The van der Waals surface area contributed by atoms with Crippen LogP contribution in [0.4, 0.5) is 0 Å². The lowest BCUT2D eigenvalue weighted by molar-refractivity contribution is -0.157. The van der Waals surface area contributed by atoms with Gasteiger partial charge in [-0.2, -0.15) is 0 Å². The normalized spacial score (nSPS) is 50.1. The fraction of sp³-hybridized carbons (Fsp3) is 0.800. The molecule has 4 aliphatic carbocycles. The number of carbonyl (C=O) groups excluding carboxylic acids is 1. The van der Waals surface area contributed by atoms with Crippen LogP contribution in [0.15, 0.2) is 12.2 Å². The Labute approximate surface area is 102 Å². The molecule has 0 spiro atoms. The highest BCUT2D eigenvalue weighted by Gasteiger charge is 2.46. The minimum Gasteiger partial charge on any atom is -0.461 e. The lowest BCUT2D eigenvalue weighted by Gasteiger charge is -2.25. The first-order valence-electron chi connectivity index (χ1n) is 7.18. The second-order valence-electron chi connectivity index (χ2n) is 6.54. The van der Waals surface area contributed by atoms with Crippen LogP contribution in [0.1, 0.15) is 38.5 Å². The molecule has 0 aromatic carbocycles. The van der Waals surface area contributed by atoms with Crippen LogP contribution < -0.4 is 0 Å². The zero-order valence-electron chi connectivity index (χ0n) is 10.2. The third kappa shape index (κ3) is 1.56. The van der Waals surface area contributed by atoms with E-state index in [0.717, 1.165) is 18.8 Å². The predicted molar refractivity (Wildman–Crippen MR) is 64.2 cm³/mol. The van der Waals surface area contributed by atoms with Crippen molar-refractivity contribution in [1.82, 2.24) is 0 Å². The summed E-state index contributed by atoms with van der Waals surface area (Å²) >= 11 is 0. The van der Waals surface area contributed by atoms with Gasteiger partial charge in [-0.05, 0) is 49.9 Å². The van der Waals surface area contributed by atoms with Crippen molar-refractivity contribution in [2.24, 2.45) is 29.6 Å². The second kappa shape index (κ2) is 3.60. The third-order valence-electron chi connectivity index (χ3n) is 5.53. The van der Waals surface area contributed by atoms with Crippen molar-refractivity contribution < 1.29 is 9.53 Å². The largest absolute Gasteiger partial charge is 0.461 e. The Morgan fingerprint density at radius 3 is 2.59 bits per heavy atom. The molecule has 0 N–H and O–H groups in total. The van der Waals surface area contributed by atoms with Crippen molar-refractivity contribution in [3.05, 3.63) is 12.2 Å². The van der Waals surface area contributed by atoms with Gasteiger partial charge in [0.1, 0.15) is 6.10 Å². The summed E-state index contributed by atoms with van der Waals surface area (Å²) < 4.78 is 5.79. The highest BCUT2D eigenvalue weighted by molar-refractivity contribution is 5.73. The molecule has 0 radical (unpaired) electrons. The number of esters is 1. The topological polar surface area (TPSA) is 26.3 Å². The van der Waals surface area contributed by atoms with Crippen LogP contribution in [0.5, 0.6) is 0 Å². The van der Waals surface area contributed by atoms with Crippen molar-refractivity contribution in [3.63, 3.8) is 0 Å². The van der Waals surface area contributed by atoms with E-state index in [2.05, 4.69) is 12.2 Å². The Morgan fingerprint density at radius 1 is 1.06 bits per heavy atom. The molecule has 6 unspecified atom stereocenters. The molecular formula is C15H20O2. The van der Waals surface area contributed by atoms with E-state index >= 15 is 0 Å². The standard InChI is InChI=1S/C15H20O2/c16-15(13-7-9-1-3-11(13)5-9)17-14-8-10-2-4-12(14)6-10/h2,4,9-14H,1,3,5-8H2. The van der Waals surface area contributed by atoms with Crippen molar-refractivity contribution in [2.75, 3.05) is 0 Å². The van der Waals surface area contributed by atoms with Crippen LogP contribution in [0.25, 0.3) is 0 Å². The smallest absolute Gasteiger partial charge is 0.309 e. The maximum atomic E-state index is 12.2. The molecule has 0 heterocycles. The van der Waals surface area contributed by atoms with Crippen LogP contribution in [-0.2, 0) is 9.53 Å². The molecule has 3 saturated carbocycles. The summed E-state index contributed by atoms with van der Waals surface area (Å²) in [5.41, 5.74) is 0. The summed E-state index contributed by atoms with van der Waals surface area (Å²) in [7, 11) is 0. The summed E-state index contributed by atoms with van der Waals surface area (Å²) in [4.78, 5) is 12.2. The number of hydrogen-bond donors (Lipinski definition) is 0. The zero-order chi connectivity index (χ0) is 11.4. The Morgan fingerprint density at radius 2 is 2.00 bits per heavy atom. The Bertz CT molecular complexity index is 373. The molecule has 0 aromatic rings. The molecule has 0 aliphatic heterocycles.